The maximum absolute atomic E-state index is 5.98. The zero-order valence-corrected chi connectivity index (χ0v) is 18.2. The maximum atomic E-state index is 5.98. The van der Waals surface area contributed by atoms with Crippen molar-refractivity contribution in [2.75, 3.05) is 24.6 Å². The topological polar surface area (TPSA) is 52.4 Å². The highest BCUT2D eigenvalue weighted by molar-refractivity contribution is 7.98. The Balaban J connectivity index is 1.38. The monoisotopic (exact) mass is 414 g/mol. The molecule has 1 saturated heterocycles. The number of hydrogen-bond donors (Lipinski definition) is 0. The second-order valence-electron chi connectivity index (χ2n) is 8.35. The molecule has 1 atom stereocenters. The predicted molar refractivity (Wildman–Crippen MR) is 115 cm³/mol. The summed E-state index contributed by atoms with van der Waals surface area (Å²) in [7, 11) is 0. The normalized spacial score (nSPS) is 21.2. The fraction of sp³-hybridized carbons (Fsp3) is 0.636. The maximum Gasteiger partial charge on any atom is 0.228 e. The van der Waals surface area contributed by atoms with E-state index in [0.29, 0.717) is 12.6 Å². The summed E-state index contributed by atoms with van der Waals surface area (Å²) in [6.45, 7) is 7.03. The number of rotatable bonds is 7. The third-order valence-electron chi connectivity index (χ3n) is 5.93. The lowest BCUT2D eigenvalue weighted by Gasteiger charge is -2.27. The number of hydrogen-bond acceptors (Lipinski definition) is 6. The summed E-state index contributed by atoms with van der Waals surface area (Å²) in [5.74, 6) is 3.87. The van der Waals surface area contributed by atoms with Crippen LogP contribution in [0, 0.1) is 0 Å². The summed E-state index contributed by atoms with van der Waals surface area (Å²) in [5.41, 5.74) is 2.43. The molecule has 2 aliphatic heterocycles. The highest BCUT2D eigenvalue weighted by Gasteiger charge is 2.32. The second-order valence-corrected chi connectivity index (χ2v) is 9.30. The molecule has 0 radical (unpaired) electrons. The Labute approximate surface area is 177 Å². The van der Waals surface area contributed by atoms with E-state index in [1.165, 1.54) is 43.2 Å². The number of piperidine rings is 1. The van der Waals surface area contributed by atoms with Crippen LogP contribution < -0.4 is 14.4 Å². The molecular formula is C22H30N4O2S. The number of ether oxygens (including phenoxy) is 2. The van der Waals surface area contributed by atoms with Gasteiger partial charge in [-0.25, -0.2) is 0 Å². The first kappa shape index (κ1) is 19.1. The number of aromatic nitrogens is 3. The Hall–Kier alpha value is -1.89. The molecule has 156 valence electrons. The van der Waals surface area contributed by atoms with Gasteiger partial charge in [-0.15, -0.1) is 10.2 Å². The molecular weight excluding hydrogens is 384 g/mol. The van der Waals surface area contributed by atoms with Crippen molar-refractivity contribution in [1.82, 2.24) is 14.8 Å². The van der Waals surface area contributed by atoms with Crippen LogP contribution in [-0.4, -0.2) is 40.6 Å². The molecule has 0 amide bonds. The highest BCUT2D eigenvalue weighted by atomic mass is 32.2. The first-order valence-electron chi connectivity index (χ1n) is 11.0. The van der Waals surface area contributed by atoms with Crippen molar-refractivity contribution >= 4 is 17.7 Å². The summed E-state index contributed by atoms with van der Waals surface area (Å²) in [6, 6.07) is 4.91. The molecule has 3 aliphatic rings. The highest BCUT2D eigenvalue weighted by Crippen LogP contribution is 2.43. The van der Waals surface area contributed by atoms with E-state index in [1.54, 1.807) is 11.8 Å². The van der Waals surface area contributed by atoms with Crippen LogP contribution in [0.4, 0.5) is 5.95 Å². The van der Waals surface area contributed by atoms with E-state index in [9.17, 15) is 0 Å². The quantitative estimate of drug-likeness (QED) is 0.617. The first-order chi connectivity index (χ1) is 14.2. The van der Waals surface area contributed by atoms with E-state index in [2.05, 4.69) is 38.7 Å². The van der Waals surface area contributed by atoms with Gasteiger partial charge in [0.15, 0.2) is 5.16 Å². The summed E-state index contributed by atoms with van der Waals surface area (Å²) >= 11 is 1.77. The van der Waals surface area contributed by atoms with Crippen LogP contribution >= 0.6 is 11.8 Å². The van der Waals surface area contributed by atoms with Gasteiger partial charge >= 0.3 is 0 Å². The molecule has 1 saturated carbocycles. The average molecular weight is 415 g/mol. The zero-order valence-electron chi connectivity index (χ0n) is 17.4. The number of nitrogens with zero attached hydrogens (tertiary/aromatic N) is 4. The van der Waals surface area contributed by atoms with Crippen LogP contribution in [-0.2, 0) is 12.2 Å². The molecule has 1 aliphatic carbocycles. The van der Waals surface area contributed by atoms with Crippen molar-refractivity contribution in [3.8, 4) is 11.5 Å². The molecule has 0 spiro atoms. The molecule has 2 aromatic rings. The molecule has 6 nitrogen and oxygen atoms in total. The number of fused-ring (bicyclic) bond motifs is 1. The second kappa shape index (κ2) is 8.09. The minimum absolute atomic E-state index is 0.243. The standard InChI is InChI=1S/C22H30N4O2S/c1-3-27-19-12-16-11-15(2)28-20(16)13-17(19)14-29-22-24-23-21(26(22)18-7-8-18)25-9-5-4-6-10-25/h12-13,15,18H,3-11,14H2,1-2H3. The minimum Gasteiger partial charge on any atom is -0.494 e. The Morgan fingerprint density at radius 1 is 1.17 bits per heavy atom. The van der Waals surface area contributed by atoms with Crippen LogP contribution in [0.15, 0.2) is 17.3 Å². The van der Waals surface area contributed by atoms with Gasteiger partial charge in [0.2, 0.25) is 5.95 Å². The predicted octanol–water partition coefficient (Wildman–Crippen LogP) is 4.62. The van der Waals surface area contributed by atoms with Crippen LogP contribution in [0.2, 0.25) is 0 Å². The Morgan fingerprint density at radius 2 is 2.00 bits per heavy atom. The van der Waals surface area contributed by atoms with Crippen LogP contribution in [0.1, 0.15) is 63.1 Å². The van der Waals surface area contributed by atoms with Crippen molar-refractivity contribution in [1.29, 1.82) is 0 Å². The largest absolute Gasteiger partial charge is 0.494 e. The third-order valence-corrected chi connectivity index (χ3v) is 6.93. The first-order valence-corrected chi connectivity index (χ1v) is 12.0. The van der Waals surface area contributed by atoms with Gasteiger partial charge < -0.3 is 14.4 Å². The van der Waals surface area contributed by atoms with Gasteiger partial charge in [0, 0.05) is 42.4 Å². The van der Waals surface area contributed by atoms with Crippen molar-refractivity contribution in [3.63, 3.8) is 0 Å². The summed E-state index contributed by atoms with van der Waals surface area (Å²) in [6.07, 6.45) is 7.51. The smallest absolute Gasteiger partial charge is 0.228 e. The van der Waals surface area contributed by atoms with Gasteiger partial charge in [-0.2, -0.15) is 0 Å². The van der Waals surface area contributed by atoms with Crippen LogP contribution in [0.3, 0.4) is 0 Å². The van der Waals surface area contributed by atoms with Crippen molar-refractivity contribution in [2.45, 2.75) is 75.4 Å². The van der Waals surface area contributed by atoms with Crippen molar-refractivity contribution < 1.29 is 9.47 Å². The van der Waals surface area contributed by atoms with Crippen LogP contribution in [0.5, 0.6) is 11.5 Å². The average Bonchev–Trinajstić information content (AvgIpc) is 3.37. The molecule has 1 aromatic carbocycles. The molecule has 7 heteroatoms. The SMILES string of the molecule is CCOc1cc2c(cc1CSc1nnc(N3CCCCC3)n1C1CC1)OC(C)C2. The van der Waals surface area contributed by atoms with Crippen molar-refractivity contribution in [3.05, 3.63) is 23.3 Å². The molecule has 0 bridgehead atoms. The molecule has 0 N–H and O–H groups in total. The molecule has 3 heterocycles. The lowest BCUT2D eigenvalue weighted by molar-refractivity contribution is 0.254. The zero-order chi connectivity index (χ0) is 19.8. The molecule has 2 fully saturated rings. The number of anilines is 1. The molecule has 5 rings (SSSR count). The Morgan fingerprint density at radius 3 is 2.76 bits per heavy atom. The van der Waals surface area contributed by atoms with E-state index < -0.39 is 0 Å². The number of benzene rings is 1. The molecule has 29 heavy (non-hydrogen) atoms. The van der Waals surface area contributed by atoms with Gasteiger partial charge in [-0.3, -0.25) is 4.57 Å². The Kier molecular flexibility index (Phi) is 5.33. The van der Waals surface area contributed by atoms with Gasteiger partial charge in [0.25, 0.3) is 0 Å². The van der Waals surface area contributed by atoms with Gasteiger partial charge in [0.1, 0.15) is 17.6 Å². The van der Waals surface area contributed by atoms with E-state index >= 15 is 0 Å². The van der Waals surface area contributed by atoms with Gasteiger partial charge in [-0.05, 0) is 58.1 Å². The number of thioether (sulfide) groups is 1. The lowest BCUT2D eigenvalue weighted by Crippen LogP contribution is -2.31. The van der Waals surface area contributed by atoms with Gasteiger partial charge in [0.05, 0.1) is 6.61 Å². The fourth-order valence-electron chi connectivity index (χ4n) is 4.36. The van der Waals surface area contributed by atoms with Crippen LogP contribution in [0.25, 0.3) is 0 Å². The van der Waals surface area contributed by atoms with E-state index in [0.717, 1.165) is 47.9 Å². The summed E-state index contributed by atoms with van der Waals surface area (Å²) in [5, 5.41) is 10.2. The minimum atomic E-state index is 0.243. The van der Waals surface area contributed by atoms with E-state index in [4.69, 9.17) is 9.47 Å². The van der Waals surface area contributed by atoms with E-state index in [-0.39, 0.29) is 6.10 Å². The Bertz CT molecular complexity index is 874. The van der Waals surface area contributed by atoms with E-state index in [1.807, 2.05) is 6.92 Å². The third kappa shape index (κ3) is 3.93. The van der Waals surface area contributed by atoms with Gasteiger partial charge in [-0.1, -0.05) is 11.8 Å². The molecule has 1 aromatic heterocycles. The molecule has 1 unspecified atom stereocenters. The lowest BCUT2D eigenvalue weighted by atomic mass is 10.1. The summed E-state index contributed by atoms with van der Waals surface area (Å²) < 4.78 is 14.3. The fourth-order valence-corrected chi connectivity index (χ4v) is 5.33. The summed E-state index contributed by atoms with van der Waals surface area (Å²) in [4.78, 5) is 2.43. The van der Waals surface area contributed by atoms with Crippen molar-refractivity contribution in [2.24, 2.45) is 0 Å².